The second-order valence-corrected chi connectivity index (χ2v) is 16.9. The molecule has 0 aromatic heterocycles. The standard InChI is InChI=1S/C43H30OSe2/c44-42-36(28-19-23-32(24-20-28)45-30-11-3-1-4-12-30)27-39-40(29-21-25-33(26-22-29)46-31-13-5-2-6-14-31)41-34-15-7-9-17-37(34)43(39,42)38-18-10-8-16-35(38)41/h1-27,41-42,44H. The number of hydrogen-bond acceptors (Lipinski definition) is 1. The van der Waals surface area contributed by atoms with Crippen LogP contribution in [0.2, 0.25) is 0 Å². The van der Waals surface area contributed by atoms with Gasteiger partial charge in [-0.2, -0.15) is 0 Å². The summed E-state index contributed by atoms with van der Waals surface area (Å²) in [6, 6.07) is 57.3. The van der Waals surface area contributed by atoms with Crippen LogP contribution in [0.15, 0.2) is 169 Å². The van der Waals surface area contributed by atoms with E-state index in [2.05, 4.69) is 164 Å². The number of benzene rings is 6. The number of aliphatic hydroxyl groups is 1. The van der Waals surface area contributed by atoms with E-state index in [0.717, 1.165) is 11.1 Å². The average molecular weight is 721 g/mol. The molecule has 1 atom stereocenters. The summed E-state index contributed by atoms with van der Waals surface area (Å²) in [5, 5.41) is 12.7. The van der Waals surface area contributed by atoms with Gasteiger partial charge in [0.2, 0.25) is 0 Å². The van der Waals surface area contributed by atoms with Crippen molar-refractivity contribution in [3.63, 3.8) is 0 Å². The average Bonchev–Trinajstić information content (AvgIpc) is 3.43. The van der Waals surface area contributed by atoms with Crippen molar-refractivity contribution in [3.8, 4) is 0 Å². The molecule has 6 aromatic carbocycles. The molecule has 1 spiro atoms. The monoisotopic (exact) mass is 722 g/mol. The molecular formula is C43H30OSe2. The minimum absolute atomic E-state index is 0.119. The second kappa shape index (κ2) is 11.2. The van der Waals surface area contributed by atoms with Gasteiger partial charge in [0.25, 0.3) is 0 Å². The molecule has 1 N–H and O–H groups in total. The van der Waals surface area contributed by atoms with Gasteiger partial charge in [0.1, 0.15) is 0 Å². The topological polar surface area (TPSA) is 20.2 Å². The van der Waals surface area contributed by atoms with Crippen LogP contribution in [0.4, 0.5) is 0 Å². The minimum atomic E-state index is -0.702. The third kappa shape index (κ3) is 4.32. The van der Waals surface area contributed by atoms with E-state index in [1.807, 2.05) is 0 Å². The van der Waals surface area contributed by atoms with Crippen molar-refractivity contribution >= 4 is 58.9 Å². The maximum absolute atomic E-state index is 12.7. The van der Waals surface area contributed by atoms with Gasteiger partial charge >= 0.3 is 284 Å². The predicted molar refractivity (Wildman–Crippen MR) is 192 cm³/mol. The van der Waals surface area contributed by atoms with Crippen molar-refractivity contribution in [2.75, 3.05) is 0 Å². The van der Waals surface area contributed by atoms with Crippen LogP contribution in [0.1, 0.15) is 39.3 Å². The molecule has 220 valence electrons. The SMILES string of the molecule is OC1C(c2ccc([Se]c3ccccc3)cc2)=CC2=C(c3ccc([Se]c4ccccc4)cc3)C3c4ccccc4C21c1ccccc13. The summed E-state index contributed by atoms with van der Waals surface area (Å²) < 4.78 is 5.44. The summed E-state index contributed by atoms with van der Waals surface area (Å²) in [6.45, 7) is 0. The van der Waals surface area contributed by atoms with Gasteiger partial charge in [0.05, 0.1) is 0 Å². The van der Waals surface area contributed by atoms with Crippen LogP contribution in [0, 0.1) is 0 Å². The van der Waals surface area contributed by atoms with Gasteiger partial charge in [-0.15, -0.1) is 0 Å². The molecular weight excluding hydrogens is 690 g/mol. The Bertz CT molecular complexity index is 2100. The molecule has 0 fully saturated rings. The number of hydrogen-bond donors (Lipinski definition) is 1. The fraction of sp³-hybridized carbons (Fsp3) is 0.0698. The van der Waals surface area contributed by atoms with E-state index in [1.165, 1.54) is 56.8 Å². The first-order chi connectivity index (χ1) is 22.7. The van der Waals surface area contributed by atoms with Crippen molar-refractivity contribution in [2.24, 2.45) is 0 Å². The molecule has 10 rings (SSSR count). The Hall–Kier alpha value is -4.20. The zero-order valence-corrected chi connectivity index (χ0v) is 28.4. The quantitative estimate of drug-likeness (QED) is 0.221. The molecule has 2 bridgehead atoms. The molecule has 1 nitrogen and oxygen atoms in total. The number of rotatable bonds is 6. The van der Waals surface area contributed by atoms with Gasteiger partial charge in [-0.1, -0.05) is 0 Å². The third-order valence-corrected chi connectivity index (χ3v) is 14.0. The molecule has 0 aliphatic heterocycles. The van der Waals surface area contributed by atoms with E-state index in [-0.39, 0.29) is 35.8 Å². The molecule has 1 unspecified atom stereocenters. The molecule has 0 amide bonds. The molecule has 0 saturated heterocycles. The Morgan fingerprint density at radius 2 is 0.891 bits per heavy atom. The van der Waals surface area contributed by atoms with Crippen LogP contribution < -0.4 is 17.8 Å². The number of allylic oxidation sites excluding steroid dienone is 2. The second-order valence-electron chi connectivity index (χ2n) is 12.1. The van der Waals surface area contributed by atoms with Gasteiger partial charge in [-0.3, -0.25) is 0 Å². The Morgan fingerprint density at radius 1 is 0.457 bits per heavy atom. The van der Waals surface area contributed by atoms with Crippen LogP contribution in [-0.4, -0.2) is 41.1 Å². The number of aliphatic hydroxyl groups excluding tert-OH is 1. The maximum atomic E-state index is 12.7. The fourth-order valence-corrected chi connectivity index (χ4v) is 11.3. The van der Waals surface area contributed by atoms with Crippen molar-refractivity contribution in [1.29, 1.82) is 0 Å². The van der Waals surface area contributed by atoms with E-state index < -0.39 is 11.5 Å². The first-order valence-corrected chi connectivity index (χ1v) is 19.1. The van der Waals surface area contributed by atoms with Gasteiger partial charge in [0, 0.05) is 0 Å². The van der Waals surface area contributed by atoms with E-state index in [9.17, 15) is 5.11 Å². The zero-order valence-electron chi connectivity index (χ0n) is 25.0. The molecule has 4 aliphatic rings. The molecule has 0 saturated carbocycles. The van der Waals surface area contributed by atoms with Crippen LogP contribution in [-0.2, 0) is 5.41 Å². The Morgan fingerprint density at radius 3 is 1.41 bits per heavy atom. The Kier molecular flexibility index (Phi) is 6.86. The Labute approximate surface area is 282 Å². The summed E-state index contributed by atoms with van der Waals surface area (Å²) in [4.78, 5) is 0. The summed E-state index contributed by atoms with van der Waals surface area (Å²) >= 11 is 0.503. The zero-order chi connectivity index (χ0) is 30.7. The van der Waals surface area contributed by atoms with Crippen LogP contribution in [0.3, 0.4) is 0 Å². The molecule has 4 aliphatic carbocycles. The third-order valence-electron chi connectivity index (χ3n) is 9.71. The normalized spacial score (nSPS) is 20.6. The van der Waals surface area contributed by atoms with Crippen molar-refractivity contribution in [3.05, 3.63) is 203 Å². The summed E-state index contributed by atoms with van der Waals surface area (Å²) in [7, 11) is 0. The van der Waals surface area contributed by atoms with Crippen LogP contribution in [0.5, 0.6) is 0 Å². The van der Waals surface area contributed by atoms with Gasteiger partial charge < -0.3 is 0 Å². The van der Waals surface area contributed by atoms with Gasteiger partial charge in [-0.05, 0) is 0 Å². The predicted octanol–water partition coefficient (Wildman–Crippen LogP) is 5.65. The van der Waals surface area contributed by atoms with Gasteiger partial charge in [-0.25, -0.2) is 0 Å². The van der Waals surface area contributed by atoms with Crippen LogP contribution >= 0.6 is 0 Å². The molecule has 3 heteroatoms. The fourth-order valence-electron chi connectivity index (χ4n) is 7.83. The summed E-state index contributed by atoms with van der Waals surface area (Å²) in [5.74, 6) is 0.119. The van der Waals surface area contributed by atoms with E-state index in [0.29, 0.717) is 0 Å². The summed E-state index contributed by atoms with van der Waals surface area (Å²) in [6.07, 6.45) is 1.63. The van der Waals surface area contributed by atoms with Crippen LogP contribution in [0.25, 0.3) is 11.1 Å². The first-order valence-electron chi connectivity index (χ1n) is 15.7. The molecule has 0 heterocycles. The Balaban J connectivity index is 1.19. The molecule has 6 aromatic rings. The van der Waals surface area contributed by atoms with Gasteiger partial charge in [0.15, 0.2) is 0 Å². The molecule has 0 radical (unpaired) electrons. The van der Waals surface area contributed by atoms with Crippen molar-refractivity contribution in [1.82, 2.24) is 0 Å². The van der Waals surface area contributed by atoms with E-state index in [1.54, 1.807) is 0 Å². The van der Waals surface area contributed by atoms with Crippen molar-refractivity contribution < 1.29 is 5.11 Å². The van der Waals surface area contributed by atoms with Crippen molar-refractivity contribution in [2.45, 2.75) is 17.4 Å². The summed E-state index contributed by atoms with van der Waals surface area (Å²) in [5.41, 5.74) is 10.4. The molecule has 46 heavy (non-hydrogen) atoms. The van der Waals surface area contributed by atoms with E-state index >= 15 is 0 Å². The van der Waals surface area contributed by atoms with E-state index in [4.69, 9.17) is 0 Å². The first kappa shape index (κ1) is 28.1.